The number of hydrogen-bond acceptors (Lipinski definition) is 1. The Kier molecular flexibility index (Phi) is 2.91. The SMILES string of the molecule is CC(C)(N)Cc1ccc(C2CC2)c(Br)c1. The molecule has 0 atom stereocenters. The first kappa shape index (κ1) is 11.2. The molecule has 1 saturated carbocycles. The van der Waals surface area contributed by atoms with Crippen molar-refractivity contribution in [1.82, 2.24) is 0 Å². The first-order chi connectivity index (χ1) is 6.96. The second kappa shape index (κ2) is 3.91. The minimum Gasteiger partial charge on any atom is -0.325 e. The van der Waals surface area contributed by atoms with Crippen LogP contribution >= 0.6 is 15.9 Å². The van der Waals surface area contributed by atoms with Gasteiger partial charge in [-0.3, -0.25) is 0 Å². The third-order valence-electron chi connectivity index (χ3n) is 2.74. The van der Waals surface area contributed by atoms with Crippen LogP contribution in [0.1, 0.15) is 43.7 Å². The van der Waals surface area contributed by atoms with Crippen molar-refractivity contribution in [2.24, 2.45) is 5.73 Å². The van der Waals surface area contributed by atoms with Gasteiger partial charge in [0.25, 0.3) is 0 Å². The fourth-order valence-electron chi connectivity index (χ4n) is 1.93. The summed E-state index contributed by atoms with van der Waals surface area (Å²) in [7, 11) is 0. The summed E-state index contributed by atoms with van der Waals surface area (Å²) in [4.78, 5) is 0. The molecule has 1 aromatic carbocycles. The minimum atomic E-state index is -0.124. The van der Waals surface area contributed by atoms with Crippen molar-refractivity contribution < 1.29 is 0 Å². The fraction of sp³-hybridized carbons (Fsp3) is 0.538. The van der Waals surface area contributed by atoms with Crippen LogP contribution < -0.4 is 5.73 Å². The molecule has 0 radical (unpaired) electrons. The predicted molar refractivity (Wildman–Crippen MR) is 68.1 cm³/mol. The Balaban J connectivity index is 2.17. The summed E-state index contributed by atoms with van der Waals surface area (Å²) in [5.41, 5.74) is 8.67. The molecular formula is C13H18BrN. The number of nitrogens with two attached hydrogens (primary N) is 1. The van der Waals surface area contributed by atoms with Gasteiger partial charge in [-0.25, -0.2) is 0 Å². The molecule has 0 unspecified atom stereocenters. The molecule has 82 valence electrons. The van der Waals surface area contributed by atoms with Gasteiger partial charge in [0.15, 0.2) is 0 Å². The lowest BCUT2D eigenvalue weighted by Gasteiger charge is -2.19. The lowest BCUT2D eigenvalue weighted by molar-refractivity contribution is 0.516. The van der Waals surface area contributed by atoms with Gasteiger partial charge in [-0.1, -0.05) is 28.1 Å². The molecule has 15 heavy (non-hydrogen) atoms. The Labute approximate surface area is 100 Å². The molecule has 0 aliphatic heterocycles. The zero-order valence-electron chi connectivity index (χ0n) is 9.39. The topological polar surface area (TPSA) is 26.0 Å². The molecule has 0 aromatic heterocycles. The average molecular weight is 268 g/mol. The molecule has 1 fully saturated rings. The number of halogens is 1. The molecular weight excluding hydrogens is 250 g/mol. The molecule has 0 bridgehead atoms. The van der Waals surface area contributed by atoms with Crippen LogP contribution in [0, 0.1) is 0 Å². The van der Waals surface area contributed by atoms with Gasteiger partial charge in [0, 0.05) is 10.0 Å². The predicted octanol–water partition coefficient (Wildman–Crippen LogP) is 3.61. The van der Waals surface area contributed by atoms with Crippen LogP contribution in [0.4, 0.5) is 0 Å². The Morgan fingerprint density at radius 2 is 2.07 bits per heavy atom. The second-order valence-electron chi connectivity index (χ2n) is 5.30. The van der Waals surface area contributed by atoms with Gasteiger partial charge in [-0.2, -0.15) is 0 Å². The quantitative estimate of drug-likeness (QED) is 0.890. The Bertz CT molecular complexity index is 361. The molecule has 1 aromatic rings. The van der Waals surface area contributed by atoms with Gasteiger partial charge in [0.05, 0.1) is 0 Å². The van der Waals surface area contributed by atoms with E-state index >= 15 is 0 Å². The largest absolute Gasteiger partial charge is 0.325 e. The van der Waals surface area contributed by atoms with Gasteiger partial charge < -0.3 is 5.73 Å². The number of benzene rings is 1. The fourth-order valence-corrected chi connectivity index (χ4v) is 2.68. The molecule has 0 amide bonds. The van der Waals surface area contributed by atoms with Crippen LogP contribution in [0.2, 0.25) is 0 Å². The van der Waals surface area contributed by atoms with Crippen molar-refractivity contribution in [1.29, 1.82) is 0 Å². The van der Waals surface area contributed by atoms with Crippen LogP contribution in [0.3, 0.4) is 0 Å². The van der Waals surface area contributed by atoms with Crippen molar-refractivity contribution in [2.45, 2.75) is 44.6 Å². The first-order valence-corrected chi connectivity index (χ1v) is 6.32. The zero-order chi connectivity index (χ0) is 11.1. The lowest BCUT2D eigenvalue weighted by Crippen LogP contribution is -2.34. The smallest absolute Gasteiger partial charge is 0.0212 e. The summed E-state index contributed by atoms with van der Waals surface area (Å²) in [5, 5.41) is 0. The van der Waals surface area contributed by atoms with Crippen molar-refractivity contribution in [3.63, 3.8) is 0 Å². The van der Waals surface area contributed by atoms with Crippen molar-refractivity contribution in [3.05, 3.63) is 33.8 Å². The van der Waals surface area contributed by atoms with Crippen molar-refractivity contribution in [2.75, 3.05) is 0 Å². The minimum absolute atomic E-state index is 0.124. The Morgan fingerprint density at radius 1 is 1.40 bits per heavy atom. The van der Waals surface area contributed by atoms with Gasteiger partial charge in [-0.05, 0) is 56.2 Å². The third kappa shape index (κ3) is 3.05. The maximum Gasteiger partial charge on any atom is 0.0212 e. The average Bonchev–Trinajstić information content (AvgIpc) is 2.84. The summed E-state index contributed by atoms with van der Waals surface area (Å²) < 4.78 is 1.26. The van der Waals surface area contributed by atoms with Gasteiger partial charge in [0.1, 0.15) is 0 Å². The van der Waals surface area contributed by atoms with Crippen LogP contribution in [0.25, 0.3) is 0 Å². The van der Waals surface area contributed by atoms with Crippen LogP contribution in [0.15, 0.2) is 22.7 Å². The van der Waals surface area contributed by atoms with E-state index in [4.69, 9.17) is 5.73 Å². The molecule has 1 aliphatic rings. The van der Waals surface area contributed by atoms with Crippen molar-refractivity contribution in [3.8, 4) is 0 Å². The van der Waals surface area contributed by atoms with Gasteiger partial charge >= 0.3 is 0 Å². The van der Waals surface area contributed by atoms with E-state index in [1.807, 2.05) is 0 Å². The zero-order valence-corrected chi connectivity index (χ0v) is 11.0. The van der Waals surface area contributed by atoms with Crippen molar-refractivity contribution >= 4 is 15.9 Å². The highest BCUT2D eigenvalue weighted by Gasteiger charge is 2.25. The standard InChI is InChI=1S/C13H18BrN/c1-13(2,15)8-9-3-6-11(10-4-5-10)12(14)7-9/h3,6-7,10H,4-5,8,15H2,1-2H3. The Hall–Kier alpha value is -0.340. The van der Waals surface area contributed by atoms with E-state index in [-0.39, 0.29) is 5.54 Å². The molecule has 2 N–H and O–H groups in total. The molecule has 0 spiro atoms. The van der Waals surface area contributed by atoms with E-state index < -0.39 is 0 Å². The maximum absolute atomic E-state index is 6.01. The van der Waals surface area contributed by atoms with E-state index in [2.05, 4.69) is 48.0 Å². The van der Waals surface area contributed by atoms with E-state index in [1.54, 1.807) is 0 Å². The highest BCUT2D eigenvalue weighted by molar-refractivity contribution is 9.10. The highest BCUT2D eigenvalue weighted by atomic mass is 79.9. The summed E-state index contributed by atoms with van der Waals surface area (Å²) in [6.45, 7) is 4.13. The molecule has 1 nitrogen and oxygen atoms in total. The van der Waals surface area contributed by atoms with Gasteiger partial charge in [-0.15, -0.1) is 0 Å². The summed E-state index contributed by atoms with van der Waals surface area (Å²) in [6.07, 6.45) is 3.62. The number of rotatable bonds is 3. The van der Waals surface area contributed by atoms with E-state index in [1.165, 1.54) is 28.4 Å². The summed E-state index contributed by atoms with van der Waals surface area (Å²) in [6, 6.07) is 6.69. The molecule has 0 heterocycles. The second-order valence-corrected chi connectivity index (χ2v) is 6.15. The molecule has 2 rings (SSSR count). The van der Waals surface area contributed by atoms with E-state index in [9.17, 15) is 0 Å². The first-order valence-electron chi connectivity index (χ1n) is 5.53. The van der Waals surface area contributed by atoms with Crippen LogP contribution in [0.5, 0.6) is 0 Å². The lowest BCUT2D eigenvalue weighted by atomic mass is 9.95. The summed E-state index contributed by atoms with van der Waals surface area (Å²) >= 11 is 3.65. The number of hydrogen-bond donors (Lipinski definition) is 1. The summed E-state index contributed by atoms with van der Waals surface area (Å²) in [5.74, 6) is 0.805. The highest BCUT2D eigenvalue weighted by Crippen LogP contribution is 2.43. The van der Waals surface area contributed by atoms with Crippen LogP contribution in [-0.4, -0.2) is 5.54 Å². The molecule has 2 heteroatoms. The third-order valence-corrected chi connectivity index (χ3v) is 3.43. The maximum atomic E-state index is 6.01. The normalized spacial score (nSPS) is 16.8. The molecule has 1 aliphatic carbocycles. The molecule has 0 saturated heterocycles. The van der Waals surface area contributed by atoms with E-state index in [0.29, 0.717) is 0 Å². The Morgan fingerprint density at radius 3 is 2.53 bits per heavy atom. The van der Waals surface area contributed by atoms with Gasteiger partial charge in [0.2, 0.25) is 0 Å². The monoisotopic (exact) mass is 267 g/mol. The van der Waals surface area contributed by atoms with Crippen LogP contribution in [-0.2, 0) is 6.42 Å². The van der Waals surface area contributed by atoms with E-state index in [0.717, 1.165) is 12.3 Å².